The fourth-order valence-electron chi connectivity index (χ4n) is 2.22. The lowest BCUT2D eigenvalue weighted by atomic mass is 10.1. The van der Waals surface area contributed by atoms with E-state index in [9.17, 15) is 13.2 Å². The second-order valence-corrected chi connectivity index (χ2v) is 8.02. The van der Waals surface area contributed by atoms with Gasteiger partial charge in [-0.2, -0.15) is 4.31 Å². The number of hydrogen-bond donors (Lipinski definition) is 1. The van der Waals surface area contributed by atoms with Gasteiger partial charge >= 0.3 is 0 Å². The Hall–Kier alpha value is -0.660. The van der Waals surface area contributed by atoms with Crippen molar-refractivity contribution in [1.82, 2.24) is 9.62 Å². The second-order valence-electron chi connectivity index (χ2n) is 6.04. The third kappa shape index (κ3) is 7.78. The Morgan fingerprint density at radius 3 is 2.67 bits per heavy atom. The topological polar surface area (TPSA) is 75.7 Å². The molecule has 1 N–H and O–H groups in total. The molecule has 1 amide bonds. The van der Waals surface area contributed by atoms with Crippen LogP contribution in [0.2, 0.25) is 0 Å². The number of hydrogen-bond acceptors (Lipinski definition) is 4. The first kappa shape index (κ1) is 18.4. The first-order chi connectivity index (χ1) is 9.79. The molecule has 0 radical (unpaired) electrons. The molecule has 6 nitrogen and oxygen atoms in total. The maximum atomic E-state index is 11.8. The summed E-state index contributed by atoms with van der Waals surface area (Å²) in [5, 5.41) is 2.82. The minimum absolute atomic E-state index is 0.0382. The zero-order valence-corrected chi connectivity index (χ0v) is 14.1. The Kier molecular flexibility index (Phi) is 7.62. The van der Waals surface area contributed by atoms with Crippen molar-refractivity contribution in [2.75, 3.05) is 32.5 Å². The fraction of sp³-hybridized carbons (Fsp3) is 0.929. The van der Waals surface area contributed by atoms with Crippen molar-refractivity contribution >= 4 is 15.9 Å². The summed E-state index contributed by atoms with van der Waals surface area (Å²) in [7, 11) is -3.31. The van der Waals surface area contributed by atoms with Crippen molar-refractivity contribution in [3.05, 3.63) is 0 Å². The third-order valence-corrected chi connectivity index (χ3v) is 4.80. The Morgan fingerprint density at radius 2 is 2.14 bits per heavy atom. The molecule has 1 unspecified atom stereocenters. The number of carbonyl (C=O) groups excluding carboxylic acids is 1. The zero-order valence-electron chi connectivity index (χ0n) is 13.3. The quantitative estimate of drug-likeness (QED) is 0.687. The molecule has 0 aromatic carbocycles. The van der Waals surface area contributed by atoms with Gasteiger partial charge in [-0.05, 0) is 25.2 Å². The molecule has 1 aliphatic rings. The van der Waals surface area contributed by atoms with Gasteiger partial charge < -0.3 is 10.1 Å². The lowest BCUT2D eigenvalue weighted by Gasteiger charge is -2.22. The van der Waals surface area contributed by atoms with E-state index in [1.54, 1.807) is 0 Å². The highest BCUT2D eigenvalue weighted by molar-refractivity contribution is 7.88. The van der Waals surface area contributed by atoms with Crippen LogP contribution in [0.4, 0.5) is 0 Å². The summed E-state index contributed by atoms with van der Waals surface area (Å²) < 4.78 is 30.4. The van der Waals surface area contributed by atoms with Gasteiger partial charge in [0.25, 0.3) is 0 Å². The molecule has 0 bridgehead atoms. The van der Waals surface area contributed by atoms with Crippen LogP contribution in [0.5, 0.6) is 0 Å². The number of carbonyl (C=O) groups is 1. The van der Waals surface area contributed by atoms with Gasteiger partial charge in [-0.3, -0.25) is 4.79 Å². The van der Waals surface area contributed by atoms with Crippen LogP contribution in [-0.2, 0) is 19.6 Å². The normalized spacial score (nSPS) is 19.4. The van der Waals surface area contributed by atoms with Crippen molar-refractivity contribution in [3.63, 3.8) is 0 Å². The van der Waals surface area contributed by atoms with E-state index in [-0.39, 0.29) is 25.0 Å². The SMILES string of the molecule is CC(C)CCNC(=O)CCN(CC1CCCO1)S(C)(=O)=O. The van der Waals surface area contributed by atoms with Crippen molar-refractivity contribution < 1.29 is 17.9 Å². The van der Waals surface area contributed by atoms with Gasteiger partial charge in [0.15, 0.2) is 0 Å². The molecular formula is C14H28N2O4S. The van der Waals surface area contributed by atoms with Crippen LogP contribution in [0.15, 0.2) is 0 Å². The summed E-state index contributed by atoms with van der Waals surface area (Å²) >= 11 is 0. The highest BCUT2D eigenvalue weighted by Gasteiger charge is 2.24. The molecule has 0 aromatic heterocycles. The fourth-order valence-corrected chi connectivity index (χ4v) is 3.08. The van der Waals surface area contributed by atoms with Gasteiger partial charge in [0.1, 0.15) is 0 Å². The van der Waals surface area contributed by atoms with Gasteiger partial charge in [0.05, 0.1) is 12.4 Å². The molecule has 7 heteroatoms. The number of amides is 1. The van der Waals surface area contributed by atoms with E-state index in [0.29, 0.717) is 25.6 Å². The predicted molar refractivity (Wildman–Crippen MR) is 82.5 cm³/mol. The average Bonchev–Trinajstić information content (AvgIpc) is 2.85. The van der Waals surface area contributed by atoms with Crippen LogP contribution in [-0.4, -0.2) is 57.2 Å². The molecule has 21 heavy (non-hydrogen) atoms. The molecule has 1 atom stereocenters. The van der Waals surface area contributed by atoms with Gasteiger partial charge in [0, 0.05) is 32.7 Å². The van der Waals surface area contributed by atoms with Crippen LogP contribution in [0, 0.1) is 5.92 Å². The average molecular weight is 320 g/mol. The van der Waals surface area contributed by atoms with Crippen molar-refractivity contribution in [1.29, 1.82) is 0 Å². The standard InChI is InChI=1S/C14H28N2O4S/c1-12(2)6-8-15-14(17)7-9-16(21(3,18)19)11-13-5-4-10-20-13/h12-13H,4-11H2,1-3H3,(H,15,17). The van der Waals surface area contributed by atoms with Gasteiger partial charge in [-0.1, -0.05) is 13.8 Å². The van der Waals surface area contributed by atoms with E-state index >= 15 is 0 Å². The van der Waals surface area contributed by atoms with Gasteiger partial charge in [-0.25, -0.2) is 8.42 Å². The highest BCUT2D eigenvalue weighted by Crippen LogP contribution is 2.15. The number of sulfonamides is 1. The van der Waals surface area contributed by atoms with E-state index < -0.39 is 10.0 Å². The molecule has 1 aliphatic heterocycles. The lowest BCUT2D eigenvalue weighted by Crippen LogP contribution is -2.39. The molecule has 1 rings (SSSR count). The van der Waals surface area contributed by atoms with Crippen LogP contribution in [0.1, 0.15) is 39.5 Å². The lowest BCUT2D eigenvalue weighted by molar-refractivity contribution is -0.121. The second kappa shape index (κ2) is 8.70. The third-order valence-electron chi connectivity index (χ3n) is 3.53. The van der Waals surface area contributed by atoms with Crippen molar-refractivity contribution in [2.45, 2.75) is 45.6 Å². The van der Waals surface area contributed by atoms with E-state index in [4.69, 9.17) is 4.74 Å². The van der Waals surface area contributed by atoms with Crippen LogP contribution in [0.25, 0.3) is 0 Å². The first-order valence-corrected chi connectivity index (χ1v) is 9.47. The molecular weight excluding hydrogens is 292 g/mol. The molecule has 0 aliphatic carbocycles. The molecule has 1 heterocycles. The summed E-state index contributed by atoms with van der Waals surface area (Å²) in [5.74, 6) is 0.439. The number of nitrogens with one attached hydrogen (secondary N) is 1. The number of ether oxygens (including phenoxy) is 1. The molecule has 1 saturated heterocycles. The van der Waals surface area contributed by atoms with Crippen LogP contribution in [0.3, 0.4) is 0 Å². The van der Waals surface area contributed by atoms with E-state index in [1.165, 1.54) is 10.6 Å². The van der Waals surface area contributed by atoms with E-state index in [2.05, 4.69) is 19.2 Å². The van der Waals surface area contributed by atoms with Gasteiger partial charge in [0.2, 0.25) is 15.9 Å². The van der Waals surface area contributed by atoms with Crippen LogP contribution < -0.4 is 5.32 Å². The van der Waals surface area contributed by atoms with Crippen molar-refractivity contribution in [3.8, 4) is 0 Å². The first-order valence-electron chi connectivity index (χ1n) is 7.62. The Morgan fingerprint density at radius 1 is 1.43 bits per heavy atom. The maximum Gasteiger partial charge on any atom is 0.221 e. The summed E-state index contributed by atoms with van der Waals surface area (Å²) in [6.45, 7) is 6.08. The summed E-state index contributed by atoms with van der Waals surface area (Å²) in [6.07, 6.45) is 4.11. The number of rotatable bonds is 9. The minimum Gasteiger partial charge on any atom is -0.377 e. The maximum absolute atomic E-state index is 11.8. The number of nitrogens with zero attached hydrogens (tertiary/aromatic N) is 1. The van der Waals surface area contributed by atoms with Gasteiger partial charge in [-0.15, -0.1) is 0 Å². The Balaban J connectivity index is 2.37. The smallest absolute Gasteiger partial charge is 0.221 e. The molecule has 1 fully saturated rings. The summed E-state index contributed by atoms with van der Waals surface area (Å²) in [6, 6.07) is 0. The molecule has 124 valence electrons. The predicted octanol–water partition coefficient (Wildman–Crippen LogP) is 0.979. The summed E-state index contributed by atoms with van der Waals surface area (Å²) in [4.78, 5) is 11.7. The van der Waals surface area contributed by atoms with E-state index in [1.807, 2.05) is 0 Å². The largest absolute Gasteiger partial charge is 0.377 e. The minimum atomic E-state index is -3.31. The Bertz CT molecular complexity index is 417. The molecule has 0 aromatic rings. The van der Waals surface area contributed by atoms with Crippen LogP contribution >= 0.6 is 0 Å². The van der Waals surface area contributed by atoms with E-state index in [0.717, 1.165) is 19.3 Å². The molecule has 0 saturated carbocycles. The Labute approximate surface area is 128 Å². The summed E-state index contributed by atoms with van der Waals surface area (Å²) in [5.41, 5.74) is 0. The highest BCUT2D eigenvalue weighted by atomic mass is 32.2. The van der Waals surface area contributed by atoms with Crippen molar-refractivity contribution in [2.24, 2.45) is 5.92 Å². The zero-order chi connectivity index (χ0) is 15.9. The monoisotopic (exact) mass is 320 g/mol. The molecule has 0 spiro atoms.